The number of allylic oxidation sites excluding steroid dienone is 1. The fourth-order valence-electron chi connectivity index (χ4n) is 4.74. The van der Waals surface area contributed by atoms with Crippen LogP contribution >= 0.6 is 22.6 Å². The maximum absolute atomic E-state index is 13.6. The standard InChI is InChI=1S/C31H39IN2O8/c1-19(2)12-28(37)34(10-8-20-6-5-7-23(13-20)40-3)25-16-22(31(39)33-9-11-35)17-26(29(25)38)42-30-24(32)14-21(18-36)15-27(30)41-4/h5-7,12-15,17,25-26,29,35-36,38H,8-11,16,18H2,1-4H3,(H,33,39). The SMILES string of the molecule is COc1cccc(CCN(C(=O)C=C(C)C)C2CC(C(=O)NCCO)=CC(Oc3c(I)cc(CO)cc3OC)C2O)c1. The molecule has 2 amide bonds. The molecule has 0 radical (unpaired) electrons. The van der Waals surface area contributed by atoms with Crippen molar-refractivity contribution in [2.45, 2.75) is 51.5 Å². The number of carbonyl (C=O) groups excluding carboxylic acids is 2. The molecule has 3 atom stereocenters. The van der Waals surface area contributed by atoms with Gasteiger partial charge in [-0.25, -0.2) is 0 Å². The van der Waals surface area contributed by atoms with Crippen LogP contribution in [0.5, 0.6) is 17.2 Å². The summed E-state index contributed by atoms with van der Waals surface area (Å²) in [5.41, 5.74) is 2.69. The summed E-state index contributed by atoms with van der Waals surface area (Å²) < 4.78 is 17.8. The third kappa shape index (κ3) is 8.69. The number of amides is 2. The zero-order valence-electron chi connectivity index (χ0n) is 24.3. The molecule has 0 bridgehead atoms. The van der Waals surface area contributed by atoms with E-state index in [-0.39, 0.29) is 38.6 Å². The third-order valence-corrected chi connectivity index (χ3v) is 7.61. The molecule has 0 spiro atoms. The summed E-state index contributed by atoms with van der Waals surface area (Å²) in [4.78, 5) is 28.2. The minimum atomic E-state index is -1.20. The molecule has 0 saturated carbocycles. The van der Waals surface area contributed by atoms with Gasteiger partial charge in [-0.1, -0.05) is 17.7 Å². The van der Waals surface area contributed by atoms with Gasteiger partial charge in [-0.05, 0) is 84.3 Å². The molecule has 0 fully saturated rings. The number of nitrogens with one attached hydrogen (secondary N) is 1. The van der Waals surface area contributed by atoms with Crippen molar-refractivity contribution in [3.63, 3.8) is 0 Å². The van der Waals surface area contributed by atoms with Crippen LogP contribution in [-0.4, -0.2) is 84.2 Å². The Morgan fingerprint density at radius 3 is 2.52 bits per heavy atom. The first kappa shape index (κ1) is 33.4. The molecule has 0 aliphatic heterocycles. The minimum absolute atomic E-state index is 0.0551. The van der Waals surface area contributed by atoms with Crippen LogP contribution in [-0.2, 0) is 22.6 Å². The maximum Gasteiger partial charge on any atom is 0.247 e. The first-order valence-corrected chi connectivity index (χ1v) is 14.7. The number of hydrogen-bond acceptors (Lipinski definition) is 8. The number of nitrogens with zero attached hydrogens (tertiary/aromatic N) is 1. The quantitative estimate of drug-likeness (QED) is 0.186. The smallest absolute Gasteiger partial charge is 0.247 e. The molecule has 4 N–H and O–H groups in total. The van der Waals surface area contributed by atoms with E-state index in [1.807, 2.05) is 38.1 Å². The summed E-state index contributed by atoms with van der Waals surface area (Å²) in [5.74, 6) is 0.675. The topological polar surface area (TPSA) is 138 Å². The number of halogens is 1. The van der Waals surface area contributed by atoms with Crippen LogP contribution in [0.2, 0.25) is 0 Å². The molecule has 2 aromatic rings. The van der Waals surface area contributed by atoms with Crippen LogP contribution in [0.25, 0.3) is 0 Å². The van der Waals surface area contributed by atoms with Crippen LogP contribution in [0, 0.1) is 3.57 Å². The minimum Gasteiger partial charge on any atom is -0.497 e. The first-order chi connectivity index (χ1) is 20.1. The molecular formula is C31H39IN2O8. The van der Waals surface area contributed by atoms with Crippen molar-refractivity contribution >= 4 is 34.4 Å². The number of aliphatic hydroxyl groups is 3. The van der Waals surface area contributed by atoms with E-state index in [1.165, 1.54) is 13.2 Å². The van der Waals surface area contributed by atoms with Gasteiger partial charge in [0.05, 0.1) is 37.0 Å². The third-order valence-electron chi connectivity index (χ3n) is 6.81. The number of benzene rings is 2. The Kier molecular flexibility index (Phi) is 12.6. The lowest BCUT2D eigenvalue weighted by atomic mass is 9.87. The van der Waals surface area contributed by atoms with Crippen LogP contribution < -0.4 is 19.5 Å². The number of aliphatic hydroxyl groups excluding tert-OH is 3. The second kappa shape index (κ2) is 15.9. The maximum atomic E-state index is 13.6. The molecule has 3 unspecified atom stereocenters. The van der Waals surface area contributed by atoms with Gasteiger partial charge in [-0.15, -0.1) is 0 Å². The van der Waals surface area contributed by atoms with Crippen LogP contribution in [0.1, 0.15) is 31.4 Å². The molecule has 0 heterocycles. The van der Waals surface area contributed by atoms with Gasteiger partial charge in [0.1, 0.15) is 18.0 Å². The van der Waals surface area contributed by atoms with Gasteiger partial charge in [-0.2, -0.15) is 0 Å². The van der Waals surface area contributed by atoms with Gasteiger partial charge < -0.3 is 39.7 Å². The van der Waals surface area contributed by atoms with Crippen molar-refractivity contribution in [3.05, 3.63) is 74.4 Å². The van der Waals surface area contributed by atoms with E-state index < -0.39 is 24.2 Å². The number of methoxy groups -OCH3 is 2. The Hall–Kier alpha value is -3.13. The fourth-order valence-corrected chi connectivity index (χ4v) is 5.53. The van der Waals surface area contributed by atoms with E-state index in [2.05, 4.69) is 27.9 Å². The van der Waals surface area contributed by atoms with Crippen molar-refractivity contribution in [2.24, 2.45) is 0 Å². The molecule has 2 aromatic carbocycles. The normalized spacial score (nSPS) is 18.0. The Balaban J connectivity index is 2.02. The molecule has 10 nitrogen and oxygen atoms in total. The lowest BCUT2D eigenvalue weighted by Gasteiger charge is -2.40. The average molecular weight is 695 g/mol. The summed E-state index contributed by atoms with van der Waals surface area (Å²) in [5, 5.41) is 33.2. The lowest BCUT2D eigenvalue weighted by Crippen LogP contribution is -2.55. The Labute approximate surface area is 260 Å². The highest BCUT2D eigenvalue weighted by molar-refractivity contribution is 14.1. The number of hydrogen-bond donors (Lipinski definition) is 4. The van der Waals surface area contributed by atoms with Gasteiger partial charge in [0.2, 0.25) is 11.8 Å². The average Bonchev–Trinajstić information content (AvgIpc) is 2.97. The zero-order chi connectivity index (χ0) is 30.8. The van der Waals surface area contributed by atoms with E-state index in [4.69, 9.17) is 14.2 Å². The van der Waals surface area contributed by atoms with Gasteiger partial charge in [0.25, 0.3) is 0 Å². The van der Waals surface area contributed by atoms with Crippen molar-refractivity contribution < 1.29 is 39.1 Å². The molecule has 3 rings (SSSR count). The van der Waals surface area contributed by atoms with Gasteiger partial charge >= 0.3 is 0 Å². The van der Waals surface area contributed by atoms with Crippen LogP contribution in [0.3, 0.4) is 0 Å². The lowest BCUT2D eigenvalue weighted by molar-refractivity contribution is -0.133. The van der Waals surface area contributed by atoms with Crippen molar-refractivity contribution in [1.82, 2.24) is 10.2 Å². The Morgan fingerprint density at radius 2 is 1.88 bits per heavy atom. The number of carbonyl (C=O) groups is 2. The fraction of sp³-hybridized carbons (Fsp3) is 0.419. The van der Waals surface area contributed by atoms with E-state index >= 15 is 0 Å². The summed E-state index contributed by atoms with van der Waals surface area (Å²) in [7, 11) is 3.06. The summed E-state index contributed by atoms with van der Waals surface area (Å²) >= 11 is 2.06. The largest absolute Gasteiger partial charge is 0.497 e. The summed E-state index contributed by atoms with van der Waals surface area (Å²) in [6.45, 7) is 3.54. The Bertz CT molecular complexity index is 1310. The van der Waals surface area contributed by atoms with Crippen molar-refractivity contribution in [3.8, 4) is 17.2 Å². The van der Waals surface area contributed by atoms with Crippen molar-refractivity contribution in [1.29, 1.82) is 0 Å². The molecule has 0 aromatic heterocycles. The summed E-state index contributed by atoms with van der Waals surface area (Å²) in [6.07, 6.45) is 1.42. The predicted octanol–water partition coefficient (Wildman–Crippen LogP) is 2.75. The second-order valence-electron chi connectivity index (χ2n) is 10.1. The molecule has 1 aliphatic carbocycles. The molecule has 11 heteroatoms. The molecular weight excluding hydrogens is 655 g/mol. The highest BCUT2D eigenvalue weighted by Crippen LogP contribution is 2.37. The van der Waals surface area contributed by atoms with E-state index in [0.29, 0.717) is 38.4 Å². The molecule has 228 valence electrons. The van der Waals surface area contributed by atoms with Gasteiger partial charge in [0.15, 0.2) is 11.5 Å². The summed E-state index contributed by atoms with van der Waals surface area (Å²) in [6, 6.07) is 10.1. The van der Waals surface area contributed by atoms with Crippen molar-refractivity contribution in [2.75, 3.05) is 33.9 Å². The van der Waals surface area contributed by atoms with Crippen LogP contribution in [0.15, 0.2) is 59.7 Å². The van der Waals surface area contributed by atoms with Crippen LogP contribution in [0.4, 0.5) is 0 Å². The van der Waals surface area contributed by atoms with E-state index in [1.54, 1.807) is 30.2 Å². The number of rotatable bonds is 13. The van der Waals surface area contributed by atoms with E-state index in [0.717, 1.165) is 11.1 Å². The van der Waals surface area contributed by atoms with Gasteiger partial charge in [-0.3, -0.25) is 9.59 Å². The number of ether oxygens (including phenoxy) is 3. The molecule has 42 heavy (non-hydrogen) atoms. The first-order valence-electron chi connectivity index (χ1n) is 13.6. The molecule has 1 aliphatic rings. The van der Waals surface area contributed by atoms with Gasteiger partial charge in [0, 0.05) is 31.2 Å². The Morgan fingerprint density at radius 1 is 1.12 bits per heavy atom. The monoisotopic (exact) mass is 694 g/mol. The highest BCUT2D eigenvalue weighted by atomic mass is 127. The predicted molar refractivity (Wildman–Crippen MR) is 166 cm³/mol. The zero-order valence-corrected chi connectivity index (χ0v) is 26.5. The van der Waals surface area contributed by atoms with E-state index in [9.17, 15) is 24.9 Å². The molecule has 0 saturated heterocycles. The highest BCUT2D eigenvalue weighted by Gasteiger charge is 2.40. The second-order valence-corrected chi connectivity index (χ2v) is 11.3.